The van der Waals surface area contributed by atoms with Gasteiger partial charge in [0.1, 0.15) is 5.75 Å². The fraction of sp³-hybridized carbons (Fsp3) is 0.250. The molecule has 2 aromatic carbocycles. The Balaban J connectivity index is 2.41. The lowest BCUT2D eigenvalue weighted by atomic mass is 9.88. The Kier molecular flexibility index (Phi) is 4.00. The van der Waals surface area contributed by atoms with E-state index in [1.807, 2.05) is 49.4 Å². The Bertz CT molecular complexity index is 506. The van der Waals surface area contributed by atoms with Crippen LogP contribution in [0.4, 0.5) is 0 Å². The van der Waals surface area contributed by atoms with Crippen LogP contribution in [0, 0.1) is 6.92 Å². The topological polar surface area (TPSA) is 40.5 Å². The summed E-state index contributed by atoms with van der Waals surface area (Å²) in [7, 11) is 0. The maximum absolute atomic E-state index is 10.1. The first-order chi connectivity index (χ1) is 8.72. The van der Waals surface area contributed by atoms with E-state index >= 15 is 0 Å². The number of hydrogen-bond donors (Lipinski definition) is 2. The van der Waals surface area contributed by atoms with Crippen LogP contribution in [-0.4, -0.2) is 16.8 Å². The van der Waals surface area contributed by atoms with Gasteiger partial charge in [-0.05, 0) is 30.5 Å². The lowest BCUT2D eigenvalue weighted by Crippen LogP contribution is -2.04. The van der Waals surface area contributed by atoms with Crippen LogP contribution in [0.3, 0.4) is 0 Å². The number of phenolic OH excluding ortho intramolecular Hbond substituents is 1. The SMILES string of the molecule is Cc1ccc(C(CCO)c2ccccc2)c(O)c1. The zero-order chi connectivity index (χ0) is 13.0. The summed E-state index contributed by atoms with van der Waals surface area (Å²) in [6.45, 7) is 2.06. The van der Waals surface area contributed by atoms with Crippen LogP contribution < -0.4 is 0 Å². The molecule has 0 aliphatic rings. The molecule has 1 unspecified atom stereocenters. The summed E-state index contributed by atoms with van der Waals surface area (Å²) in [5.74, 6) is 0.342. The fourth-order valence-electron chi connectivity index (χ4n) is 2.26. The van der Waals surface area contributed by atoms with Crippen molar-refractivity contribution in [2.75, 3.05) is 6.61 Å². The molecule has 0 heterocycles. The van der Waals surface area contributed by atoms with Crippen LogP contribution in [0.25, 0.3) is 0 Å². The number of hydrogen-bond acceptors (Lipinski definition) is 2. The first kappa shape index (κ1) is 12.7. The molecule has 0 saturated carbocycles. The molecule has 94 valence electrons. The average Bonchev–Trinajstić information content (AvgIpc) is 2.38. The summed E-state index contributed by atoms with van der Waals surface area (Å²) in [5, 5.41) is 19.3. The lowest BCUT2D eigenvalue weighted by Gasteiger charge is -2.18. The summed E-state index contributed by atoms with van der Waals surface area (Å²) in [5.41, 5.74) is 3.03. The fourth-order valence-corrected chi connectivity index (χ4v) is 2.26. The van der Waals surface area contributed by atoms with E-state index in [1.165, 1.54) is 0 Å². The minimum absolute atomic E-state index is 0.0387. The highest BCUT2D eigenvalue weighted by atomic mass is 16.3. The summed E-state index contributed by atoms with van der Waals surface area (Å²) in [6, 6.07) is 15.7. The largest absolute Gasteiger partial charge is 0.508 e. The molecular formula is C16H18O2. The third-order valence-electron chi connectivity index (χ3n) is 3.18. The van der Waals surface area contributed by atoms with Gasteiger partial charge in [-0.25, -0.2) is 0 Å². The Morgan fingerprint density at radius 3 is 2.39 bits per heavy atom. The third kappa shape index (κ3) is 2.71. The van der Waals surface area contributed by atoms with E-state index in [-0.39, 0.29) is 12.5 Å². The highest BCUT2D eigenvalue weighted by Gasteiger charge is 2.16. The van der Waals surface area contributed by atoms with Crippen LogP contribution >= 0.6 is 0 Å². The highest BCUT2D eigenvalue weighted by Crippen LogP contribution is 2.34. The molecule has 2 rings (SSSR count). The first-order valence-electron chi connectivity index (χ1n) is 6.17. The van der Waals surface area contributed by atoms with Gasteiger partial charge in [0.2, 0.25) is 0 Å². The Hall–Kier alpha value is -1.80. The standard InChI is InChI=1S/C16H18O2/c1-12-7-8-15(16(18)11-12)14(9-10-17)13-5-3-2-4-6-13/h2-8,11,14,17-18H,9-10H2,1H3. The van der Waals surface area contributed by atoms with Crippen molar-refractivity contribution in [2.45, 2.75) is 19.3 Å². The highest BCUT2D eigenvalue weighted by molar-refractivity contribution is 5.43. The summed E-state index contributed by atoms with van der Waals surface area (Å²) in [4.78, 5) is 0. The van der Waals surface area contributed by atoms with E-state index in [1.54, 1.807) is 6.07 Å². The van der Waals surface area contributed by atoms with Gasteiger partial charge in [0.05, 0.1) is 0 Å². The van der Waals surface area contributed by atoms with Crippen molar-refractivity contribution in [1.29, 1.82) is 0 Å². The Morgan fingerprint density at radius 2 is 1.78 bits per heavy atom. The van der Waals surface area contributed by atoms with Crippen molar-refractivity contribution in [3.05, 3.63) is 65.2 Å². The van der Waals surface area contributed by atoms with Crippen molar-refractivity contribution >= 4 is 0 Å². The molecule has 2 N–H and O–H groups in total. The molecule has 0 bridgehead atoms. The Labute approximate surface area is 108 Å². The van der Waals surface area contributed by atoms with E-state index in [0.717, 1.165) is 16.7 Å². The molecule has 0 saturated heterocycles. The molecular weight excluding hydrogens is 224 g/mol. The van der Waals surface area contributed by atoms with Gasteiger partial charge in [-0.15, -0.1) is 0 Å². The Morgan fingerprint density at radius 1 is 1.06 bits per heavy atom. The quantitative estimate of drug-likeness (QED) is 0.864. The van der Waals surface area contributed by atoms with Crippen LogP contribution in [0.15, 0.2) is 48.5 Å². The second-order valence-corrected chi connectivity index (χ2v) is 4.54. The van der Waals surface area contributed by atoms with Crippen molar-refractivity contribution in [3.8, 4) is 5.75 Å². The minimum atomic E-state index is 0.0387. The van der Waals surface area contributed by atoms with Gasteiger partial charge in [0.15, 0.2) is 0 Å². The molecule has 2 nitrogen and oxygen atoms in total. The van der Waals surface area contributed by atoms with E-state index in [9.17, 15) is 10.2 Å². The molecule has 2 aromatic rings. The summed E-state index contributed by atoms with van der Waals surface area (Å²) >= 11 is 0. The van der Waals surface area contributed by atoms with Gasteiger partial charge in [-0.3, -0.25) is 0 Å². The number of aryl methyl sites for hydroxylation is 1. The number of rotatable bonds is 4. The smallest absolute Gasteiger partial charge is 0.119 e. The predicted octanol–water partition coefficient (Wildman–Crippen LogP) is 3.21. The number of aliphatic hydroxyl groups is 1. The van der Waals surface area contributed by atoms with Crippen LogP contribution in [-0.2, 0) is 0 Å². The molecule has 0 aromatic heterocycles. The average molecular weight is 242 g/mol. The molecule has 0 amide bonds. The van der Waals surface area contributed by atoms with Gasteiger partial charge < -0.3 is 10.2 Å². The molecule has 0 aliphatic carbocycles. The monoisotopic (exact) mass is 242 g/mol. The van der Waals surface area contributed by atoms with Gasteiger partial charge in [0, 0.05) is 18.1 Å². The van der Waals surface area contributed by atoms with Gasteiger partial charge in [0.25, 0.3) is 0 Å². The molecule has 0 fully saturated rings. The molecule has 0 radical (unpaired) electrons. The first-order valence-corrected chi connectivity index (χ1v) is 6.17. The van der Waals surface area contributed by atoms with Gasteiger partial charge >= 0.3 is 0 Å². The maximum Gasteiger partial charge on any atom is 0.119 e. The minimum Gasteiger partial charge on any atom is -0.508 e. The van der Waals surface area contributed by atoms with Crippen molar-refractivity contribution in [2.24, 2.45) is 0 Å². The number of phenols is 1. The van der Waals surface area contributed by atoms with Gasteiger partial charge in [-0.2, -0.15) is 0 Å². The van der Waals surface area contributed by atoms with Gasteiger partial charge in [-0.1, -0.05) is 42.5 Å². The van der Waals surface area contributed by atoms with Crippen LogP contribution in [0.1, 0.15) is 29.0 Å². The number of aliphatic hydroxyl groups excluding tert-OH is 1. The molecule has 1 atom stereocenters. The summed E-state index contributed by atoms with van der Waals surface area (Å²) in [6.07, 6.45) is 0.612. The van der Waals surface area contributed by atoms with Crippen LogP contribution in [0.2, 0.25) is 0 Å². The molecule has 0 spiro atoms. The van der Waals surface area contributed by atoms with E-state index in [2.05, 4.69) is 0 Å². The van der Waals surface area contributed by atoms with Crippen molar-refractivity contribution in [1.82, 2.24) is 0 Å². The van der Waals surface area contributed by atoms with E-state index in [0.29, 0.717) is 12.2 Å². The molecule has 2 heteroatoms. The number of benzene rings is 2. The number of aromatic hydroxyl groups is 1. The predicted molar refractivity (Wildman–Crippen MR) is 72.8 cm³/mol. The zero-order valence-corrected chi connectivity index (χ0v) is 10.5. The lowest BCUT2D eigenvalue weighted by molar-refractivity contribution is 0.280. The second-order valence-electron chi connectivity index (χ2n) is 4.54. The molecule has 18 heavy (non-hydrogen) atoms. The van der Waals surface area contributed by atoms with E-state index < -0.39 is 0 Å². The zero-order valence-electron chi connectivity index (χ0n) is 10.5. The maximum atomic E-state index is 10.1. The molecule has 0 aliphatic heterocycles. The second kappa shape index (κ2) is 5.69. The third-order valence-corrected chi connectivity index (χ3v) is 3.18. The van der Waals surface area contributed by atoms with E-state index in [4.69, 9.17) is 0 Å². The van der Waals surface area contributed by atoms with Crippen LogP contribution in [0.5, 0.6) is 5.75 Å². The van der Waals surface area contributed by atoms with Crippen molar-refractivity contribution < 1.29 is 10.2 Å². The van der Waals surface area contributed by atoms with Crippen molar-refractivity contribution in [3.63, 3.8) is 0 Å². The normalized spacial score (nSPS) is 12.3. The summed E-state index contributed by atoms with van der Waals surface area (Å²) < 4.78 is 0.